The second kappa shape index (κ2) is 5.54. The first kappa shape index (κ1) is 12.4. The smallest absolute Gasteiger partial charge is 0.122 e. The first-order valence-corrected chi connectivity index (χ1v) is 6.60. The molecule has 1 heterocycles. The van der Waals surface area contributed by atoms with Gasteiger partial charge in [-0.05, 0) is 69.5 Å². The molecule has 2 nitrogen and oxygen atoms in total. The largest absolute Gasteiger partial charge is 0.492 e. The van der Waals surface area contributed by atoms with Crippen molar-refractivity contribution < 1.29 is 4.74 Å². The SMILES string of the molecule is Cc1cc(C)c(C)c(OCCN2CCCC2)c1. The minimum Gasteiger partial charge on any atom is -0.492 e. The van der Waals surface area contributed by atoms with E-state index in [9.17, 15) is 0 Å². The summed E-state index contributed by atoms with van der Waals surface area (Å²) >= 11 is 0. The van der Waals surface area contributed by atoms with Crippen molar-refractivity contribution in [3.05, 3.63) is 28.8 Å². The third kappa shape index (κ3) is 3.22. The Morgan fingerprint density at radius 1 is 1.12 bits per heavy atom. The Balaban J connectivity index is 1.89. The van der Waals surface area contributed by atoms with Crippen molar-refractivity contribution >= 4 is 0 Å². The quantitative estimate of drug-likeness (QED) is 0.792. The summed E-state index contributed by atoms with van der Waals surface area (Å²) < 4.78 is 5.92. The Kier molecular flexibility index (Phi) is 4.06. The van der Waals surface area contributed by atoms with E-state index in [2.05, 4.69) is 37.8 Å². The Morgan fingerprint density at radius 2 is 1.82 bits per heavy atom. The predicted octanol–water partition coefficient (Wildman–Crippen LogP) is 3.09. The van der Waals surface area contributed by atoms with E-state index in [4.69, 9.17) is 4.74 Å². The van der Waals surface area contributed by atoms with Crippen molar-refractivity contribution in [1.29, 1.82) is 0 Å². The van der Waals surface area contributed by atoms with Crippen molar-refractivity contribution in [2.24, 2.45) is 0 Å². The third-order valence-corrected chi connectivity index (χ3v) is 3.63. The van der Waals surface area contributed by atoms with Gasteiger partial charge in [0.15, 0.2) is 0 Å². The maximum atomic E-state index is 5.92. The number of hydrogen-bond donors (Lipinski definition) is 0. The van der Waals surface area contributed by atoms with Crippen molar-refractivity contribution in [3.8, 4) is 5.75 Å². The zero-order valence-corrected chi connectivity index (χ0v) is 11.3. The maximum absolute atomic E-state index is 5.92. The van der Waals surface area contributed by atoms with Gasteiger partial charge in [0.1, 0.15) is 12.4 Å². The fourth-order valence-corrected chi connectivity index (χ4v) is 2.44. The molecule has 1 aromatic carbocycles. The summed E-state index contributed by atoms with van der Waals surface area (Å²) in [4.78, 5) is 2.48. The number of likely N-dealkylation sites (tertiary alicyclic amines) is 1. The van der Waals surface area contributed by atoms with Gasteiger partial charge in [0, 0.05) is 6.54 Å². The molecule has 0 amide bonds. The van der Waals surface area contributed by atoms with Crippen molar-refractivity contribution in [1.82, 2.24) is 4.90 Å². The van der Waals surface area contributed by atoms with E-state index < -0.39 is 0 Å². The van der Waals surface area contributed by atoms with Crippen LogP contribution in [-0.2, 0) is 0 Å². The number of hydrogen-bond acceptors (Lipinski definition) is 2. The van der Waals surface area contributed by atoms with E-state index in [1.54, 1.807) is 0 Å². The molecule has 0 radical (unpaired) electrons. The Morgan fingerprint density at radius 3 is 2.53 bits per heavy atom. The Hall–Kier alpha value is -1.02. The van der Waals surface area contributed by atoms with Crippen molar-refractivity contribution in [2.45, 2.75) is 33.6 Å². The molecule has 0 aliphatic carbocycles. The summed E-state index contributed by atoms with van der Waals surface area (Å²) in [6.07, 6.45) is 2.70. The monoisotopic (exact) mass is 233 g/mol. The van der Waals surface area contributed by atoms with Gasteiger partial charge in [0.05, 0.1) is 0 Å². The van der Waals surface area contributed by atoms with E-state index in [-0.39, 0.29) is 0 Å². The summed E-state index contributed by atoms with van der Waals surface area (Å²) in [6, 6.07) is 4.36. The fraction of sp³-hybridized carbons (Fsp3) is 0.600. The molecule has 0 atom stereocenters. The van der Waals surface area contributed by atoms with Crippen LogP contribution in [0.4, 0.5) is 0 Å². The normalized spacial score (nSPS) is 16.4. The Labute approximate surface area is 105 Å². The molecule has 94 valence electrons. The van der Waals surface area contributed by atoms with Gasteiger partial charge in [0.25, 0.3) is 0 Å². The van der Waals surface area contributed by atoms with E-state index in [1.807, 2.05) is 0 Å². The van der Waals surface area contributed by atoms with Crippen LogP contribution in [0.5, 0.6) is 5.75 Å². The number of ether oxygens (including phenoxy) is 1. The second-order valence-corrected chi connectivity index (χ2v) is 5.10. The van der Waals surface area contributed by atoms with Crippen LogP contribution in [0.3, 0.4) is 0 Å². The summed E-state index contributed by atoms with van der Waals surface area (Å²) in [7, 11) is 0. The fourth-order valence-electron chi connectivity index (χ4n) is 2.44. The first-order valence-electron chi connectivity index (χ1n) is 6.60. The molecule has 0 unspecified atom stereocenters. The second-order valence-electron chi connectivity index (χ2n) is 5.10. The van der Waals surface area contributed by atoms with Gasteiger partial charge in [-0.2, -0.15) is 0 Å². The Bertz CT molecular complexity index is 381. The highest BCUT2D eigenvalue weighted by molar-refractivity contribution is 5.41. The minimum absolute atomic E-state index is 0.809. The molecule has 2 rings (SSSR count). The lowest BCUT2D eigenvalue weighted by atomic mass is 10.1. The first-order chi connectivity index (χ1) is 8.16. The molecule has 1 aliphatic rings. The lowest BCUT2D eigenvalue weighted by Crippen LogP contribution is -2.25. The summed E-state index contributed by atoms with van der Waals surface area (Å²) in [5, 5.41) is 0. The topological polar surface area (TPSA) is 12.5 Å². The summed E-state index contributed by atoms with van der Waals surface area (Å²) in [5.41, 5.74) is 3.88. The highest BCUT2D eigenvalue weighted by atomic mass is 16.5. The molecule has 0 bridgehead atoms. The lowest BCUT2D eigenvalue weighted by molar-refractivity contribution is 0.236. The van der Waals surface area contributed by atoms with E-state index in [0.29, 0.717) is 0 Å². The molecule has 17 heavy (non-hydrogen) atoms. The average Bonchev–Trinajstić information content (AvgIpc) is 2.78. The number of benzene rings is 1. The molecule has 1 saturated heterocycles. The lowest BCUT2D eigenvalue weighted by Gasteiger charge is -2.17. The molecule has 1 aromatic rings. The van der Waals surface area contributed by atoms with Crippen LogP contribution in [0, 0.1) is 20.8 Å². The van der Waals surface area contributed by atoms with Gasteiger partial charge in [0.2, 0.25) is 0 Å². The van der Waals surface area contributed by atoms with Crippen LogP contribution >= 0.6 is 0 Å². The van der Waals surface area contributed by atoms with Gasteiger partial charge >= 0.3 is 0 Å². The van der Waals surface area contributed by atoms with Crippen LogP contribution in [0.2, 0.25) is 0 Å². The highest BCUT2D eigenvalue weighted by Crippen LogP contribution is 2.23. The molecule has 1 fully saturated rings. The maximum Gasteiger partial charge on any atom is 0.122 e. The number of nitrogens with zero attached hydrogens (tertiary/aromatic N) is 1. The predicted molar refractivity (Wildman–Crippen MR) is 71.8 cm³/mol. The zero-order valence-electron chi connectivity index (χ0n) is 11.3. The van der Waals surface area contributed by atoms with E-state index >= 15 is 0 Å². The van der Waals surface area contributed by atoms with Crippen molar-refractivity contribution in [2.75, 3.05) is 26.2 Å². The molecule has 1 aliphatic heterocycles. The minimum atomic E-state index is 0.809. The zero-order chi connectivity index (χ0) is 12.3. The molecular weight excluding hydrogens is 210 g/mol. The van der Waals surface area contributed by atoms with E-state index in [1.165, 1.54) is 42.6 Å². The van der Waals surface area contributed by atoms with Crippen LogP contribution < -0.4 is 4.74 Å². The van der Waals surface area contributed by atoms with Crippen LogP contribution in [0.15, 0.2) is 12.1 Å². The molecular formula is C15H23NO. The molecule has 0 saturated carbocycles. The van der Waals surface area contributed by atoms with Crippen LogP contribution in [-0.4, -0.2) is 31.1 Å². The number of rotatable bonds is 4. The molecule has 2 heteroatoms. The molecule has 0 N–H and O–H groups in total. The molecule has 0 aromatic heterocycles. The standard InChI is InChI=1S/C15H23NO/c1-12-10-13(2)14(3)15(11-12)17-9-8-16-6-4-5-7-16/h10-11H,4-9H2,1-3H3. The van der Waals surface area contributed by atoms with Crippen LogP contribution in [0.1, 0.15) is 29.5 Å². The molecule has 0 spiro atoms. The van der Waals surface area contributed by atoms with E-state index in [0.717, 1.165) is 18.9 Å². The van der Waals surface area contributed by atoms with Gasteiger partial charge in [-0.15, -0.1) is 0 Å². The summed E-state index contributed by atoms with van der Waals surface area (Å²) in [6.45, 7) is 10.8. The average molecular weight is 233 g/mol. The van der Waals surface area contributed by atoms with Gasteiger partial charge in [-0.3, -0.25) is 4.90 Å². The summed E-state index contributed by atoms with van der Waals surface area (Å²) in [5.74, 6) is 1.06. The van der Waals surface area contributed by atoms with Crippen LogP contribution in [0.25, 0.3) is 0 Å². The van der Waals surface area contributed by atoms with Gasteiger partial charge < -0.3 is 4.74 Å². The van der Waals surface area contributed by atoms with Gasteiger partial charge in [-0.1, -0.05) is 6.07 Å². The number of aryl methyl sites for hydroxylation is 2. The third-order valence-electron chi connectivity index (χ3n) is 3.63. The van der Waals surface area contributed by atoms with Gasteiger partial charge in [-0.25, -0.2) is 0 Å². The highest BCUT2D eigenvalue weighted by Gasteiger charge is 2.11. The van der Waals surface area contributed by atoms with Crippen molar-refractivity contribution in [3.63, 3.8) is 0 Å².